The summed E-state index contributed by atoms with van der Waals surface area (Å²) in [5.41, 5.74) is 0. The van der Waals surface area contributed by atoms with Crippen LogP contribution >= 0.6 is 10.9 Å². The highest BCUT2D eigenvalue weighted by molar-refractivity contribution is 8.24. The second kappa shape index (κ2) is 0.945. The van der Waals surface area contributed by atoms with Crippen LogP contribution in [0.4, 0.5) is 0 Å². The maximum atomic E-state index is 1.65. The van der Waals surface area contributed by atoms with Gasteiger partial charge in [0.15, 0.2) is 0 Å². The van der Waals surface area contributed by atoms with E-state index in [-0.39, 0.29) is 0 Å². The van der Waals surface area contributed by atoms with E-state index in [9.17, 15) is 0 Å². The van der Waals surface area contributed by atoms with Crippen LogP contribution in [-0.2, 0) is 0 Å². The Bertz CT molecular complexity index is 62.3. The highest BCUT2D eigenvalue weighted by atomic mass is 32.2. The Hall–Kier alpha value is 0.350. The predicted molar refractivity (Wildman–Crippen MR) is 31.7 cm³/mol. The van der Waals surface area contributed by atoms with Crippen molar-refractivity contribution in [3.63, 3.8) is 0 Å². The van der Waals surface area contributed by atoms with Crippen LogP contribution in [0, 0.1) is 0 Å². The Labute approximate surface area is 41.3 Å². The van der Waals surface area contributed by atoms with Gasteiger partial charge in [0.25, 0.3) is 0 Å². The molecule has 2 atom stereocenters. The molecule has 0 aromatic rings. The van der Waals surface area contributed by atoms with Crippen LogP contribution in [0.25, 0.3) is 0 Å². The normalized spacial score (nSPS) is 58.0. The molecule has 0 radical (unpaired) electrons. The molecule has 0 spiro atoms. The van der Waals surface area contributed by atoms with E-state index in [1.165, 1.54) is 5.25 Å². The Morgan fingerprint density at radius 1 is 1.50 bits per heavy atom. The second-order valence-electron chi connectivity index (χ2n) is 2.29. The fourth-order valence-corrected chi connectivity index (χ4v) is 3.96. The summed E-state index contributed by atoms with van der Waals surface area (Å²) in [5.74, 6) is 3.27. The van der Waals surface area contributed by atoms with E-state index in [4.69, 9.17) is 0 Å². The van der Waals surface area contributed by atoms with E-state index >= 15 is 0 Å². The van der Waals surface area contributed by atoms with E-state index < -0.39 is 0 Å². The average molecular weight is 102 g/mol. The molecule has 2 aliphatic rings. The van der Waals surface area contributed by atoms with Crippen molar-refractivity contribution in [3.05, 3.63) is 0 Å². The van der Waals surface area contributed by atoms with Gasteiger partial charge in [0.2, 0.25) is 0 Å². The fraction of sp³-hybridized carbons (Fsp3) is 1.00. The summed E-state index contributed by atoms with van der Waals surface area (Å²) in [6, 6.07) is 0. The lowest BCUT2D eigenvalue weighted by Crippen LogP contribution is -1.76. The van der Waals surface area contributed by atoms with Crippen molar-refractivity contribution in [1.82, 2.24) is 0 Å². The smallest absolute Gasteiger partial charge is 0.00617 e. The molecule has 6 heavy (non-hydrogen) atoms. The van der Waals surface area contributed by atoms with Crippen LogP contribution in [0.15, 0.2) is 0 Å². The lowest BCUT2D eigenvalue weighted by molar-refractivity contribution is 0.860. The third-order valence-corrected chi connectivity index (χ3v) is 4.62. The van der Waals surface area contributed by atoms with Gasteiger partial charge in [0.05, 0.1) is 0 Å². The van der Waals surface area contributed by atoms with Crippen LogP contribution in [-0.4, -0.2) is 16.8 Å². The third kappa shape index (κ3) is 0.320. The van der Waals surface area contributed by atoms with Gasteiger partial charge < -0.3 is 0 Å². The van der Waals surface area contributed by atoms with Gasteiger partial charge in [-0.2, -0.15) is 0 Å². The van der Waals surface area contributed by atoms with Crippen LogP contribution < -0.4 is 0 Å². The fourth-order valence-electron chi connectivity index (χ4n) is 1.30. The molecule has 2 fully saturated rings. The molecule has 0 amide bonds. The van der Waals surface area contributed by atoms with Crippen molar-refractivity contribution in [3.8, 4) is 0 Å². The highest BCUT2D eigenvalue weighted by Gasteiger charge is 2.36. The third-order valence-electron chi connectivity index (χ3n) is 1.81. The van der Waals surface area contributed by atoms with Crippen molar-refractivity contribution >= 4 is 10.9 Å². The first-order valence-corrected chi connectivity index (χ1v) is 4.49. The molecule has 2 heterocycles. The number of hydrogen-bond donors (Lipinski definition) is 1. The van der Waals surface area contributed by atoms with Crippen molar-refractivity contribution in [1.29, 1.82) is 0 Å². The molecule has 0 saturated carbocycles. The lowest BCUT2D eigenvalue weighted by atomic mass is 10.3. The maximum Gasteiger partial charge on any atom is -0.00617 e. The SMILES string of the molecule is C1CC2C[SH]2C1. The molecule has 0 nitrogen and oxygen atoms in total. The highest BCUT2D eigenvalue weighted by Crippen LogP contribution is 2.57. The molecule has 1 heteroatoms. The lowest BCUT2D eigenvalue weighted by Gasteiger charge is -1.82. The van der Waals surface area contributed by atoms with E-state index in [1.807, 2.05) is 0 Å². The summed E-state index contributed by atoms with van der Waals surface area (Å²) in [5, 5.41) is 1.28. The zero-order valence-electron chi connectivity index (χ0n) is 3.85. The predicted octanol–water partition coefficient (Wildman–Crippen LogP) is 1.16. The molecule has 0 aromatic heterocycles. The van der Waals surface area contributed by atoms with Crippen molar-refractivity contribution in [2.24, 2.45) is 0 Å². The molecular formula is C5H10S. The zero-order valence-corrected chi connectivity index (χ0v) is 4.75. The average Bonchev–Trinajstić information content (AvgIpc) is 2.17. The molecule has 2 unspecified atom stereocenters. The molecule has 0 aromatic carbocycles. The second-order valence-corrected chi connectivity index (χ2v) is 5.01. The van der Waals surface area contributed by atoms with Crippen LogP contribution in [0.2, 0.25) is 0 Å². The summed E-state index contributed by atoms with van der Waals surface area (Å²) in [6.45, 7) is 0. The molecule has 36 valence electrons. The molecule has 0 aliphatic carbocycles. The zero-order chi connectivity index (χ0) is 3.98. The van der Waals surface area contributed by atoms with Crippen LogP contribution in [0.5, 0.6) is 0 Å². The summed E-state index contributed by atoms with van der Waals surface area (Å²) < 4.78 is 0. The summed E-state index contributed by atoms with van der Waals surface area (Å²) in [6.07, 6.45) is 3.15. The van der Waals surface area contributed by atoms with E-state index in [0.717, 1.165) is 0 Å². The standard InChI is InChI=1S/C5H10S/c1-2-5-4-6(5)3-1/h5-6H,1-4H2. The van der Waals surface area contributed by atoms with Gasteiger partial charge >= 0.3 is 0 Å². The van der Waals surface area contributed by atoms with E-state index in [0.29, 0.717) is 10.9 Å². The minimum absolute atomic E-state index is 0.702. The Kier molecular flexibility index (Phi) is 0.530. The van der Waals surface area contributed by atoms with Gasteiger partial charge in [-0.3, -0.25) is 0 Å². The van der Waals surface area contributed by atoms with Gasteiger partial charge in [0.1, 0.15) is 0 Å². The Morgan fingerprint density at radius 2 is 2.50 bits per heavy atom. The Balaban J connectivity index is 2.09. The topological polar surface area (TPSA) is 0 Å². The number of rotatable bonds is 0. The largest absolute Gasteiger partial charge is 0.249 e. The molecule has 0 N–H and O–H groups in total. The summed E-state index contributed by atoms with van der Waals surface area (Å²) in [7, 11) is 0.702. The van der Waals surface area contributed by atoms with Gasteiger partial charge in [-0.25, -0.2) is 10.9 Å². The Morgan fingerprint density at radius 3 is 2.67 bits per heavy atom. The first-order chi connectivity index (χ1) is 2.97. The van der Waals surface area contributed by atoms with E-state index in [1.54, 1.807) is 24.3 Å². The number of fused-ring (bicyclic) bond motifs is 1. The minimum Gasteiger partial charge on any atom is -0.249 e. The minimum atomic E-state index is 0.702. The maximum absolute atomic E-state index is 1.65. The van der Waals surface area contributed by atoms with Crippen molar-refractivity contribution in [2.75, 3.05) is 11.5 Å². The van der Waals surface area contributed by atoms with Crippen LogP contribution in [0.3, 0.4) is 0 Å². The van der Waals surface area contributed by atoms with Crippen LogP contribution in [0.1, 0.15) is 12.8 Å². The van der Waals surface area contributed by atoms with Gasteiger partial charge in [0, 0.05) is 0 Å². The number of hydrogen-bond acceptors (Lipinski definition) is 0. The molecule has 2 saturated heterocycles. The number of thiol groups is 1. The summed E-state index contributed by atoms with van der Waals surface area (Å²) in [4.78, 5) is 0. The van der Waals surface area contributed by atoms with E-state index in [2.05, 4.69) is 0 Å². The molecule has 0 bridgehead atoms. The van der Waals surface area contributed by atoms with Crippen molar-refractivity contribution in [2.45, 2.75) is 18.1 Å². The first-order valence-electron chi connectivity index (χ1n) is 2.71. The molecular weight excluding hydrogens is 92.1 g/mol. The molecule has 2 aliphatic heterocycles. The first kappa shape index (κ1) is 3.36. The quantitative estimate of drug-likeness (QED) is 0.344. The monoisotopic (exact) mass is 102 g/mol. The van der Waals surface area contributed by atoms with Crippen molar-refractivity contribution < 1.29 is 0 Å². The van der Waals surface area contributed by atoms with Gasteiger partial charge in [-0.1, -0.05) is 0 Å². The van der Waals surface area contributed by atoms with Gasteiger partial charge in [-0.05, 0) is 29.6 Å². The van der Waals surface area contributed by atoms with Gasteiger partial charge in [-0.15, -0.1) is 0 Å². The molecule has 2 rings (SSSR count). The summed E-state index contributed by atoms with van der Waals surface area (Å²) >= 11 is 0.